The summed E-state index contributed by atoms with van der Waals surface area (Å²) in [6, 6.07) is -0.0827. The quantitative estimate of drug-likeness (QED) is 0.785. The van der Waals surface area contributed by atoms with Gasteiger partial charge in [-0.2, -0.15) is 4.98 Å². The number of hydrogen-bond donors (Lipinski definition) is 0. The lowest BCUT2D eigenvalue weighted by Gasteiger charge is -2.27. The van der Waals surface area contributed by atoms with Crippen LogP contribution in [0, 0.1) is 0 Å². The Bertz CT molecular complexity index is 595. The molecule has 3 fully saturated rings. The number of amides is 1. The molecular formula is C18H27N3O4. The number of rotatable bonds is 6. The van der Waals surface area contributed by atoms with Crippen molar-refractivity contribution in [2.75, 3.05) is 19.8 Å². The summed E-state index contributed by atoms with van der Waals surface area (Å²) in [7, 11) is 0. The molecule has 4 rings (SSSR count). The van der Waals surface area contributed by atoms with E-state index in [9.17, 15) is 4.79 Å². The molecule has 3 atom stereocenters. The second-order valence-corrected chi connectivity index (χ2v) is 7.42. The number of nitrogens with zero attached hydrogens (tertiary/aromatic N) is 3. The highest BCUT2D eigenvalue weighted by atomic mass is 16.5. The van der Waals surface area contributed by atoms with E-state index in [2.05, 4.69) is 10.1 Å². The van der Waals surface area contributed by atoms with Crippen molar-refractivity contribution in [3.63, 3.8) is 0 Å². The van der Waals surface area contributed by atoms with Gasteiger partial charge >= 0.3 is 0 Å². The van der Waals surface area contributed by atoms with Crippen LogP contribution >= 0.6 is 0 Å². The molecule has 1 aromatic heterocycles. The normalized spacial score (nSPS) is 28.3. The third kappa shape index (κ3) is 3.87. The van der Waals surface area contributed by atoms with Crippen LogP contribution in [0.5, 0.6) is 0 Å². The van der Waals surface area contributed by atoms with Crippen molar-refractivity contribution in [2.45, 2.75) is 76.0 Å². The first kappa shape index (κ1) is 17.0. The zero-order valence-corrected chi connectivity index (χ0v) is 14.9. The van der Waals surface area contributed by atoms with E-state index < -0.39 is 6.10 Å². The van der Waals surface area contributed by atoms with Gasteiger partial charge in [0.25, 0.3) is 5.91 Å². The lowest BCUT2D eigenvalue weighted by atomic mass is 10.1. The Morgan fingerprint density at radius 1 is 1.28 bits per heavy atom. The maximum absolute atomic E-state index is 12.8. The molecule has 1 amide bonds. The Hall–Kier alpha value is -1.47. The third-order valence-electron chi connectivity index (χ3n) is 5.37. The van der Waals surface area contributed by atoms with Crippen LogP contribution in [0.15, 0.2) is 4.52 Å². The second-order valence-electron chi connectivity index (χ2n) is 7.42. The van der Waals surface area contributed by atoms with Crippen molar-refractivity contribution in [3.05, 3.63) is 11.7 Å². The minimum Gasteiger partial charge on any atom is -0.376 e. The van der Waals surface area contributed by atoms with E-state index in [-0.39, 0.29) is 18.1 Å². The molecule has 0 N–H and O–H groups in total. The number of carbonyl (C=O) groups excluding carboxylic acids is 1. The maximum Gasteiger partial charge on any atom is 0.252 e. The maximum atomic E-state index is 12.8. The molecule has 7 heteroatoms. The van der Waals surface area contributed by atoms with Crippen molar-refractivity contribution in [1.82, 2.24) is 15.0 Å². The van der Waals surface area contributed by atoms with Crippen molar-refractivity contribution in [2.24, 2.45) is 0 Å². The minimum absolute atomic E-state index is 0.0103. The van der Waals surface area contributed by atoms with Crippen LogP contribution in [-0.4, -0.2) is 52.9 Å². The van der Waals surface area contributed by atoms with E-state index in [1.807, 2.05) is 11.8 Å². The summed E-state index contributed by atoms with van der Waals surface area (Å²) in [6.45, 7) is 3.84. The molecule has 0 spiro atoms. The molecular weight excluding hydrogens is 322 g/mol. The summed E-state index contributed by atoms with van der Waals surface area (Å²) in [6.07, 6.45) is 7.06. The Morgan fingerprint density at radius 2 is 2.16 bits per heavy atom. The first-order valence-corrected chi connectivity index (χ1v) is 9.59. The van der Waals surface area contributed by atoms with Gasteiger partial charge in [-0.15, -0.1) is 0 Å². The van der Waals surface area contributed by atoms with Crippen LogP contribution in [0.3, 0.4) is 0 Å². The van der Waals surface area contributed by atoms with Gasteiger partial charge in [0, 0.05) is 19.1 Å². The fourth-order valence-corrected chi connectivity index (χ4v) is 3.67. The monoisotopic (exact) mass is 349 g/mol. The number of likely N-dealkylation sites (tertiary alicyclic amines) is 1. The van der Waals surface area contributed by atoms with E-state index >= 15 is 0 Å². The molecule has 7 nitrogen and oxygen atoms in total. The lowest BCUT2D eigenvalue weighted by molar-refractivity contribution is -0.147. The van der Waals surface area contributed by atoms with Crippen LogP contribution in [0.2, 0.25) is 0 Å². The molecule has 3 heterocycles. The fourth-order valence-electron chi connectivity index (χ4n) is 3.67. The minimum atomic E-state index is -0.471. The first-order chi connectivity index (χ1) is 12.2. The lowest BCUT2D eigenvalue weighted by Crippen LogP contribution is -2.40. The summed E-state index contributed by atoms with van der Waals surface area (Å²) in [5, 5.41) is 4.13. The van der Waals surface area contributed by atoms with Gasteiger partial charge in [0.15, 0.2) is 5.82 Å². The summed E-state index contributed by atoms with van der Waals surface area (Å²) >= 11 is 0. The molecule has 0 aromatic carbocycles. The highest BCUT2D eigenvalue weighted by molar-refractivity contribution is 5.81. The SMILES string of the molecule is C[C@H](OC[C@H]1CCCCO1)C(=O)N1CCC[C@H]1c1noc(C2CC2)n1. The van der Waals surface area contributed by atoms with Crippen molar-refractivity contribution >= 4 is 5.91 Å². The highest BCUT2D eigenvalue weighted by Gasteiger charge is 2.37. The van der Waals surface area contributed by atoms with Gasteiger partial charge in [-0.25, -0.2) is 0 Å². The van der Waals surface area contributed by atoms with Gasteiger partial charge in [-0.05, 0) is 51.9 Å². The average molecular weight is 349 g/mol. The van der Waals surface area contributed by atoms with E-state index in [0.29, 0.717) is 18.3 Å². The molecule has 1 aromatic rings. The topological polar surface area (TPSA) is 77.7 Å². The Balaban J connectivity index is 1.34. The second kappa shape index (κ2) is 7.41. The molecule has 25 heavy (non-hydrogen) atoms. The molecule has 1 saturated carbocycles. The van der Waals surface area contributed by atoms with Crippen LogP contribution in [0.25, 0.3) is 0 Å². The molecule has 1 aliphatic carbocycles. The predicted molar refractivity (Wildman–Crippen MR) is 89.0 cm³/mol. The standard InChI is InChI=1S/C18H27N3O4/c1-12(24-11-14-5-2-3-10-23-14)18(22)21-9-4-6-15(21)16-19-17(25-20-16)13-7-8-13/h12-15H,2-11H2,1H3/t12-,14+,15-/m0/s1. The molecule has 138 valence electrons. The molecule has 0 unspecified atom stereocenters. The third-order valence-corrected chi connectivity index (χ3v) is 5.37. The van der Waals surface area contributed by atoms with Gasteiger partial charge in [-0.3, -0.25) is 4.79 Å². The molecule has 0 radical (unpaired) electrons. The zero-order valence-electron chi connectivity index (χ0n) is 14.9. The summed E-state index contributed by atoms with van der Waals surface area (Å²) in [5.74, 6) is 1.82. The smallest absolute Gasteiger partial charge is 0.252 e. The van der Waals surface area contributed by atoms with Crippen LogP contribution in [0.4, 0.5) is 0 Å². The van der Waals surface area contributed by atoms with Gasteiger partial charge in [0.2, 0.25) is 5.89 Å². The highest BCUT2D eigenvalue weighted by Crippen LogP contribution is 2.40. The molecule has 2 saturated heterocycles. The Labute approximate surface area is 148 Å². The van der Waals surface area contributed by atoms with Gasteiger partial charge in [-0.1, -0.05) is 5.16 Å². The van der Waals surface area contributed by atoms with E-state index in [0.717, 1.165) is 57.6 Å². The summed E-state index contributed by atoms with van der Waals surface area (Å²) in [5.41, 5.74) is 0. The van der Waals surface area contributed by atoms with Gasteiger partial charge < -0.3 is 18.9 Å². The van der Waals surface area contributed by atoms with Gasteiger partial charge in [0.1, 0.15) is 6.10 Å². The molecule has 3 aliphatic rings. The first-order valence-electron chi connectivity index (χ1n) is 9.59. The molecule has 2 aliphatic heterocycles. The number of aromatic nitrogens is 2. The van der Waals surface area contributed by atoms with Crippen LogP contribution < -0.4 is 0 Å². The van der Waals surface area contributed by atoms with Crippen molar-refractivity contribution in [1.29, 1.82) is 0 Å². The fraction of sp³-hybridized carbons (Fsp3) is 0.833. The van der Waals surface area contributed by atoms with Crippen LogP contribution in [0.1, 0.15) is 75.5 Å². The number of hydrogen-bond acceptors (Lipinski definition) is 6. The summed E-state index contributed by atoms with van der Waals surface area (Å²) in [4.78, 5) is 19.2. The van der Waals surface area contributed by atoms with Crippen molar-refractivity contribution in [3.8, 4) is 0 Å². The van der Waals surface area contributed by atoms with Crippen molar-refractivity contribution < 1.29 is 18.8 Å². The molecule has 0 bridgehead atoms. The Kier molecular flexibility index (Phi) is 5.03. The van der Waals surface area contributed by atoms with E-state index in [4.69, 9.17) is 14.0 Å². The van der Waals surface area contributed by atoms with E-state index in [1.54, 1.807) is 0 Å². The Morgan fingerprint density at radius 3 is 2.92 bits per heavy atom. The van der Waals surface area contributed by atoms with Gasteiger partial charge in [0.05, 0.1) is 18.8 Å². The average Bonchev–Trinajstić information content (AvgIpc) is 3.18. The van der Waals surface area contributed by atoms with Crippen LogP contribution in [-0.2, 0) is 14.3 Å². The number of ether oxygens (including phenoxy) is 2. The predicted octanol–water partition coefficient (Wildman–Crippen LogP) is 2.58. The number of carbonyl (C=O) groups is 1. The summed E-state index contributed by atoms with van der Waals surface area (Å²) < 4.78 is 16.9. The zero-order chi connectivity index (χ0) is 17.2. The van der Waals surface area contributed by atoms with E-state index in [1.165, 1.54) is 6.42 Å². The largest absolute Gasteiger partial charge is 0.376 e.